The van der Waals surface area contributed by atoms with E-state index in [-0.39, 0.29) is 0 Å². The molecule has 0 bridgehead atoms. The number of hydrogen-bond acceptors (Lipinski definition) is 2. The van der Waals surface area contributed by atoms with Crippen molar-refractivity contribution in [2.24, 2.45) is 0 Å². The second kappa shape index (κ2) is 2.17. The normalized spacial score (nSPS) is 14.0. The van der Waals surface area contributed by atoms with Crippen LogP contribution in [0.2, 0.25) is 0 Å². The topological polar surface area (TPSA) is 34.1 Å². The van der Waals surface area contributed by atoms with Crippen LogP contribution in [-0.4, -0.2) is 11.5 Å². The van der Waals surface area contributed by atoms with Crippen LogP contribution in [-0.2, 0) is 10.2 Å². The van der Waals surface area contributed by atoms with Crippen molar-refractivity contribution in [3.63, 3.8) is 0 Å². The molecule has 0 atom stereocenters. The van der Waals surface area contributed by atoms with E-state index < -0.39 is 13.3 Å². The van der Waals surface area contributed by atoms with E-state index in [9.17, 15) is 12.3 Å². The Kier molecular flexibility index (Phi) is 2.38. The summed E-state index contributed by atoms with van der Waals surface area (Å²) in [5.74, 6) is 0. The van der Waals surface area contributed by atoms with Crippen LogP contribution < -0.4 is 0 Å². The van der Waals surface area contributed by atoms with Crippen LogP contribution in [0.15, 0.2) is 0 Å². The van der Waals surface area contributed by atoms with E-state index >= 15 is 0 Å². The van der Waals surface area contributed by atoms with Crippen LogP contribution in [0.1, 0.15) is 0 Å². The largest absolute Gasteiger partial charge is 0.351 e. The summed E-state index contributed by atoms with van der Waals surface area (Å²) in [7, 11) is -5.04. The minimum absolute atomic E-state index is 2.84. The third-order valence-electron chi connectivity index (χ3n) is 0.276. The van der Waals surface area contributed by atoms with Crippen LogP contribution >= 0.6 is 34.8 Å². The average Bonchev–Trinajstić information content (AvgIpc) is 1.25. The highest BCUT2D eigenvalue weighted by Crippen LogP contribution is 2.33. The van der Waals surface area contributed by atoms with Gasteiger partial charge in [-0.25, -0.2) is 0 Å². The van der Waals surface area contributed by atoms with Crippen LogP contribution in [0.4, 0.5) is 3.89 Å². The van der Waals surface area contributed by atoms with Gasteiger partial charge in [-0.2, -0.15) is 8.42 Å². The Labute approximate surface area is 60.7 Å². The van der Waals surface area contributed by atoms with Crippen molar-refractivity contribution in [1.82, 2.24) is 0 Å². The molecule has 0 aromatic heterocycles. The predicted octanol–water partition coefficient (Wildman–Crippen LogP) is 1.61. The zero-order chi connectivity index (χ0) is 7.00. The lowest BCUT2D eigenvalue weighted by atomic mass is 11.8. The van der Waals surface area contributed by atoms with Crippen LogP contribution in [0.5, 0.6) is 0 Å². The molecule has 0 saturated carbocycles. The summed E-state index contributed by atoms with van der Waals surface area (Å²) in [4.78, 5) is 0. The van der Waals surface area contributed by atoms with Crippen molar-refractivity contribution < 1.29 is 12.3 Å². The molecule has 0 heterocycles. The molecule has 0 aromatic carbocycles. The van der Waals surface area contributed by atoms with Gasteiger partial charge in [0.1, 0.15) is 0 Å². The third-order valence-corrected chi connectivity index (χ3v) is 2.49. The van der Waals surface area contributed by atoms with Gasteiger partial charge in [-0.1, -0.05) is 34.8 Å². The molecule has 0 aliphatic heterocycles. The van der Waals surface area contributed by atoms with E-state index in [2.05, 4.69) is 34.8 Å². The second-order valence-corrected chi connectivity index (χ2v) is 5.33. The summed E-state index contributed by atoms with van der Waals surface area (Å²) in [6, 6.07) is 0. The van der Waals surface area contributed by atoms with Gasteiger partial charge in [0.05, 0.1) is 0 Å². The van der Waals surface area contributed by atoms with Crippen LogP contribution in [0.3, 0.4) is 0 Å². The Morgan fingerprint density at radius 3 is 1.38 bits per heavy atom. The zero-order valence-corrected chi connectivity index (χ0v) is 6.32. The van der Waals surface area contributed by atoms with Crippen molar-refractivity contribution in [2.75, 3.05) is 0 Å². The van der Waals surface area contributed by atoms with E-state index in [4.69, 9.17) is 0 Å². The Hall–Kier alpha value is 0.750. The molecule has 0 aliphatic rings. The standard InChI is InChI=1S/CCl3FO2S/c2-1(3,4)8(5,6)7. The molecule has 0 amide bonds. The minimum atomic E-state index is -5.04. The zero-order valence-electron chi connectivity index (χ0n) is 3.24. The number of halogens is 4. The number of rotatable bonds is 0. The van der Waals surface area contributed by atoms with Gasteiger partial charge in [0, 0.05) is 0 Å². The highest BCUT2D eigenvalue weighted by atomic mass is 35.6. The molecule has 0 aliphatic carbocycles. The average molecular weight is 201 g/mol. The minimum Gasteiger partial charge on any atom is -0.190 e. The Morgan fingerprint density at radius 2 is 1.38 bits per heavy atom. The molecule has 0 rings (SSSR count). The maximum Gasteiger partial charge on any atom is 0.351 e. The molecule has 2 nitrogen and oxygen atoms in total. The molecule has 7 heteroatoms. The highest BCUT2D eigenvalue weighted by Gasteiger charge is 2.37. The molecule has 0 saturated heterocycles. The first kappa shape index (κ1) is 8.75. The van der Waals surface area contributed by atoms with E-state index in [1.54, 1.807) is 0 Å². The molecule has 0 spiro atoms. The maximum absolute atomic E-state index is 11.5. The smallest absolute Gasteiger partial charge is 0.190 e. The van der Waals surface area contributed by atoms with Crippen molar-refractivity contribution in [2.45, 2.75) is 3.12 Å². The molecule has 0 unspecified atom stereocenters. The molecule has 50 valence electrons. The van der Waals surface area contributed by atoms with E-state index in [1.165, 1.54) is 0 Å². The van der Waals surface area contributed by atoms with Crippen molar-refractivity contribution in [1.29, 1.82) is 0 Å². The summed E-state index contributed by atoms with van der Waals surface area (Å²) < 4.78 is 27.8. The number of alkyl halides is 3. The van der Waals surface area contributed by atoms with Gasteiger partial charge in [0.15, 0.2) is 0 Å². The van der Waals surface area contributed by atoms with Gasteiger partial charge < -0.3 is 0 Å². The lowest BCUT2D eigenvalue weighted by Crippen LogP contribution is -2.12. The quantitative estimate of drug-likeness (QED) is 0.441. The summed E-state index contributed by atoms with van der Waals surface area (Å²) >= 11 is 13.7. The highest BCUT2D eigenvalue weighted by molar-refractivity contribution is 7.92. The lowest BCUT2D eigenvalue weighted by Gasteiger charge is -2.00. The molecule has 0 fully saturated rings. The van der Waals surface area contributed by atoms with E-state index in [0.717, 1.165) is 0 Å². The van der Waals surface area contributed by atoms with Gasteiger partial charge in [0.2, 0.25) is 0 Å². The first-order valence-electron chi connectivity index (χ1n) is 1.26. The van der Waals surface area contributed by atoms with Gasteiger partial charge in [-0.05, 0) is 0 Å². The summed E-state index contributed by atoms with van der Waals surface area (Å²) in [5.41, 5.74) is 0. The van der Waals surface area contributed by atoms with Crippen molar-refractivity contribution in [3.05, 3.63) is 0 Å². The Morgan fingerprint density at radius 1 is 1.25 bits per heavy atom. The van der Waals surface area contributed by atoms with Gasteiger partial charge in [-0.3, -0.25) is 0 Å². The van der Waals surface area contributed by atoms with Gasteiger partial charge in [-0.15, -0.1) is 3.89 Å². The van der Waals surface area contributed by atoms with E-state index in [0.29, 0.717) is 0 Å². The molecular weight excluding hydrogens is 201 g/mol. The maximum atomic E-state index is 11.5. The first-order valence-corrected chi connectivity index (χ1v) is 3.78. The van der Waals surface area contributed by atoms with Crippen LogP contribution in [0, 0.1) is 0 Å². The Bertz CT molecular complexity index is 166. The summed E-state index contributed by atoms with van der Waals surface area (Å²) in [6.07, 6.45) is 0. The molecular formula is CCl3FO2S. The molecule has 8 heavy (non-hydrogen) atoms. The number of hydrogen-bond donors (Lipinski definition) is 0. The Balaban J connectivity index is 4.53. The predicted molar refractivity (Wildman–Crippen MR) is 30.3 cm³/mol. The SMILES string of the molecule is O=S(=O)(F)C(Cl)(Cl)Cl. The van der Waals surface area contributed by atoms with Crippen molar-refractivity contribution >= 4 is 45.0 Å². The fraction of sp³-hybridized carbons (Fsp3) is 1.00. The van der Waals surface area contributed by atoms with Gasteiger partial charge in [0.25, 0.3) is 0 Å². The lowest BCUT2D eigenvalue weighted by molar-refractivity contribution is 0.552. The summed E-state index contributed by atoms with van der Waals surface area (Å²) in [5, 5.41) is 0. The third kappa shape index (κ3) is 2.35. The molecule has 0 N–H and O–H groups in total. The van der Waals surface area contributed by atoms with Crippen molar-refractivity contribution in [3.8, 4) is 0 Å². The first-order chi connectivity index (χ1) is 3.25. The summed E-state index contributed by atoms with van der Waals surface area (Å²) in [6.45, 7) is 0. The fourth-order valence-electron chi connectivity index (χ4n) is 0. The molecule has 0 aromatic rings. The fourth-order valence-corrected chi connectivity index (χ4v) is 0. The monoisotopic (exact) mass is 200 g/mol. The molecule has 0 radical (unpaired) electrons. The van der Waals surface area contributed by atoms with Crippen LogP contribution in [0.25, 0.3) is 0 Å². The van der Waals surface area contributed by atoms with E-state index in [1.807, 2.05) is 0 Å². The second-order valence-electron chi connectivity index (χ2n) is 0.884. The van der Waals surface area contributed by atoms with Gasteiger partial charge >= 0.3 is 13.3 Å².